The molecule has 2 atom stereocenters. The third kappa shape index (κ3) is 4.65. The van der Waals surface area contributed by atoms with Crippen LogP contribution in [0.2, 0.25) is 0 Å². The number of nitrogens with one attached hydrogen (secondary N) is 1. The van der Waals surface area contributed by atoms with Crippen LogP contribution in [0.1, 0.15) is 17.3 Å². The van der Waals surface area contributed by atoms with E-state index in [1.54, 1.807) is 0 Å². The Labute approximate surface area is 168 Å². The lowest BCUT2D eigenvalue weighted by molar-refractivity contribution is -0.158. The number of nitrogens with zero attached hydrogens (tertiary/aromatic N) is 2. The molecule has 1 unspecified atom stereocenters. The van der Waals surface area contributed by atoms with Crippen molar-refractivity contribution >= 4 is 5.91 Å². The van der Waals surface area contributed by atoms with Crippen LogP contribution in [-0.2, 0) is 0 Å². The minimum absolute atomic E-state index is 0.0460. The van der Waals surface area contributed by atoms with Gasteiger partial charge in [-0.05, 0) is 36.9 Å². The predicted octanol–water partition coefficient (Wildman–Crippen LogP) is 4.33. The molecule has 30 heavy (non-hydrogen) atoms. The minimum atomic E-state index is -4.71. The van der Waals surface area contributed by atoms with Gasteiger partial charge in [-0.3, -0.25) is 9.78 Å². The molecule has 1 aromatic carbocycles. The van der Waals surface area contributed by atoms with Crippen molar-refractivity contribution in [2.45, 2.75) is 25.2 Å². The Morgan fingerprint density at radius 1 is 1.23 bits per heavy atom. The zero-order valence-corrected chi connectivity index (χ0v) is 15.5. The topological polar surface area (TPSA) is 68.3 Å². The van der Waals surface area contributed by atoms with Gasteiger partial charge in [0.05, 0.1) is 11.6 Å². The summed E-state index contributed by atoms with van der Waals surface area (Å²) in [5.74, 6) is -2.21. The first-order chi connectivity index (χ1) is 14.1. The Balaban J connectivity index is 1.75. The number of hydrogen-bond acceptors (Lipinski definition) is 4. The van der Waals surface area contributed by atoms with Gasteiger partial charge in [-0.2, -0.15) is 13.2 Å². The SMILES string of the molecule is C[C@@H](NC(=O)c1cncc(-c2ccc(F)cc2F)c1)C1=CN([O-])C(C(F)(F)F)C=C1. The summed E-state index contributed by atoms with van der Waals surface area (Å²) in [5, 5.41) is 14.0. The maximum absolute atomic E-state index is 14.0. The molecule has 5 nitrogen and oxygen atoms in total. The lowest BCUT2D eigenvalue weighted by Gasteiger charge is -2.38. The molecular weight excluding hydrogens is 409 g/mol. The van der Waals surface area contributed by atoms with Crippen LogP contribution >= 0.6 is 0 Å². The van der Waals surface area contributed by atoms with E-state index < -0.39 is 35.8 Å². The smallest absolute Gasteiger partial charge is 0.411 e. The molecule has 2 heterocycles. The number of carbonyl (C=O) groups excluding carboxylic acids is 1. The molecule has 1 N–H and O–H groups in total. The maximum atomic E-state index is 14.0. The Bertz CT molecular complexity index is 1020. The molecule has 0 radical (unpaired) electrons. The number of pyridine rings is 1. The highest BCUT2D eigenvalue weighted by Crippen LogP contribution is 2.29. The average molecular weight is 424 g/mol. The van der Waals surface area contributed by atoms with E-state index in [9.17, 15) is 32.0 Å². The van der Waals surface area contributed by atoms with Crippen LogP contribution < -0.4 is 5.32 Å². The van der Waals surface area contributed by atoms with Gasteiger partial charge in [-0.1, -0.05) is 12.2 Å². The number of rotatable bonds is 4. The van der Waals surface area contributed by atoms with Gasteiger partial charge < -0.3 is 15.6 Å². The monoisotopic (exact) mass is 424 g/mol. The molecule has 0 saturated carbocycles. The first kappa shape index (κ1) is 21.4. The number of benzene rings is 1. The van der Waals surface area contributed by atoms with E-state index in [0.29, 0.717) is 12.1 Å². The standard InChI is InChI=1S/C20H15F5N3O2/c1-11(12-2-5-18(20(23,24)25)28(30)10-12)27-19(29)14-6-13(8-26-9-14)16-4-3-15(21)7-17(16)22/h2-11,18H,1H3,(H,27,29)/q-1/t11-,18?/m1/s1. The van der Waals surface area contributed by atoms with Crippen LogP contribution in [0.3, 0.4) is 0 Å². The quantitative estimate of drug-likeness (QED) is 0.742. The average Bonchev–Trinajstić information content (AvgIpc) is 2.67. The Kier molecular flexibility index (Phi) is 5.88. The summed E-state index contributed by atoms with van der Waals surface area (Å²) in [6.45, 7) is 1.49. The highest BCUT2D eigenvalue weighted by Gasteiger charge is 2.39. The van der Waals surface area contributed by atoms with E-state index in [4.69, 9.17) is 0 Å². The zero-order valence-electron chi connectivity index (χ0n) is 15.5. The van der Waals surface area contributed by atoms with E-state index in [-0.39, 0.29) is 27.3 Å². The molecule has 1 aromatic heterocycles. The van der Waals surface area contributed by atoms with Crippen LogP contribution in [0, 0.1) is 16.8 Å². The van der Waals surface area contributed by atoms with Gasteiger partial charge in [-0.25, -0.2) is 8.78 Å². The molecule has 0 fully saturated rings. The fourth-order valence-electron chi connectivity index (χ4n) is 2.87. The van der Waals surface area contributed by atoms with Crippen molar-refractivity contribution in [3.63, 3.8) is 0 Å². The molecular formula is C20H15F5N3O2-. The van der Waals surface area contributed by atoms with Crippen molar-refractivity contribution in [1.29, 1.82) is 0 Å². The summed E-state index contributed by atoms with van der Waals surface area (Å²) in [5.41, 5.74) is 0.510. The second kappa shape index (κ2) is 8.23. The van der Waals surface area contributed by atoms with Gasteiger partial charge in [0.25, 0.3) is 5.91 Å². The van der Waals surface area contributed by atoms with Gasteiger partial charge in [-0.15, -0.1) is 0 Å². The van der Waals surface area contributed by atoms with Crippen molar-refractivity contribution in [1.82, 2.24) is 15.4 Å². The molecule has 10 heteroatoms. The van der Waals surface area contributed by atoms with E-state index >= 15 is 0 Å². The summed E-state index contributed by atoms with van der Waals surface area (Å²) in [6, 6.07) is 1.26. The fourth-order valence-corrected chi connectivity index (χ4v) is 2.87. The molecule has 0 saturated heterocycles. The summed E-state index contributed by atoms with van der Waals surface area (Å²) in [4.78, 5) is 16.4. The van der Waals surface area contributed by atoms with Crippen molar-refractivity contribution in [3.05, 3.63) is 83.0 Å². The molecule has 3 rings (SSSR count). The second-order valence-corrected chi connectivity index (χ2v) is 6.62. The number of alkyl halides is 3. The number of hydrogen-bond donors (Lipinski definition) is 1. The highest BCUT2D eigenvalue weighted by molar-refractivity contribution is 5.95. The van der Waals surface area contributed by atoms with Crippen molar-refractivity contribution < 1.29 is 26.7 Å². The summed E-state index contributed by atoms with van der Waals surface area (Å²) < 4.78 is 65.3. The molecule has 0 aliphatic carbocycles. The van der Waals surface area contributed by atoms with Crippen LogP contribution in [0.25, 0.3) is 11.1 Å². The molecule has 1 amide bonds. The summed E-state index contributed by atoms with van der Waals surface area (Å²) in [6.07, 6.45) is 0.415. The molecule has 158 valence electrons. The van der Waals surface area contributed by atoms with Crippen LogP contribution in [-0.4, -0.2) is 34.2 Å². The van der Waals surface area contributed by atoms with Gasteiger partial charge in [0.1, 0.15) is 17.7 Å². The molecule has 0 bridgehead atoms. The number of aromatic nitrogens is 1. The minimum Gasteiger partial charge on any atom is -0.758 e. The first-order valence-electron chi connectivity index (χ1n) is 8.69. The van der Waals surface area contributed by atoms with Crippen molar-refractivity contribution in [2.75, 3.05) is 0 Å². The largest absolute Gasteiger partial charge is 0.758 e. The third-order valence-corrected chi connectivity index (χ3v) is 4.45. The van der Waals surface area contributed by atoms with E-state index in [1.165, 1.54) is 31.5 Å². The molecule has 0 spiro atoms. The summed E-state index contributed by atoms with van der Waals surface area (Å²) >= 11 is 0. The number of hydroxylamine groups is 2. The van der Waals surface area contributed by atoms with E-state index in [2.05, 4.69) is 10.3 Å². The first-order valence-corrected chi connectivity index (χ1v) is 8.69. The van der Waals surface area contributed by atoms with Crippen LogP contribution in [0.5, 0.6) is 0 Å². The van der Waals surface area contributed by atoms with E-state index in [1.807, 2.05) is 0 Å². The van der Waals surface area contributed by atoms with Crippen LogP contribution in [0.15, 0.2) is 60.6 Å². The molecule has 1 aliphatic heterocycles. The molecule has 1 aliphatic rings. The van der Waals surface area contributed by atoms with Gasteiger partial charge >= 0.3 is 6.18 Å². The van der Waals surface area contributed by atoms with Gasteiger partial charge in [0.15, 0.2) is 0 Å². The number of amides is 1. The Morgan fingerprint density at radius 2 is 1.97 bits per heavy atom. The lowest BCUT2D eigenvalue weighted by Crippen LogP contribution is -2.42. The van der Waals surface area contributed by atoms with E-state index in [0.717, 1.165) is 18.3 Å². The lowest BCUT2D eigenvalue weighted by atomic mass is 10.0. The van der Waals surface area contributed by atoms with Crippen LogP contribution in [0.4, 0.5) is 22.0 Å². The Morgan fingerprint density at radius 3 is 2.60 bits per heavy atom. The zero-order chi connectivity index (χ0) is 22.1. The van der Waals surface area contributed by atoms with Crippen molar-refractivity contribution in [2.24, 2.45) is 0 Å². The number of halogens is 5. The second-order valence-electron chi connectivity index (χ2n) is 6.62. The highest BCUT2D eigenvalue weighted by atomic mass is 19.4. The summed E-state index contributed by atoms with van der Waals surface area (Å²) in [7, 11) is 0. The predicted molar refractivity (Wildman–Crippen MR) is 98.8 cm³/mol. The third-order valence-electron chi connectivity index (χ3n) is 4.45. The molecule has 2 aromatic rings. The normalized spacial score (nSPS) is 17.5. The Hall–Kier alpha value is -3.27. The maximum Gasteiger partial charge on any atom is 0.411 e. The van der Waals surface area contributed by atoms with Gasteiger partial charge in [0.2, 0.25) is 0 Å². The van der Waals surface area contributed by atoms with Crippen molar-refractivity contribution in [3.8, 4) is 11.1 Å². The fraction of sp³-hybridized carbons (Fsp3) is 0.200. The van der Waals surface area contributed by atoms with Gasteiger partial charge in [0, 0.05) is 29.6 Å². The number of carbonyl (C=O) groups is 1.